The van der Waals surface area contributed by atoms with Crippen LogP contribution in [0, 0.1) is 5.92 Å². The molecule has 3 atom stereocenters. The van der Waals surface area contributed by atoms with Gasteiger partial charge in [0.25, 0.3) is 5.91 Å². The van der Waals surface area contributed by atoms with Gasteiger partial charge in [-0.25, -0.2) is 4.21 Å². The number of hydrogen-bond donors (Lipinski definition) is 0. The summed E-state index contributed by atoms with van der Waals surface area (Å²) in [5.41, 5.74) is 0. The topological polar surface area (TPSA) is 46.5 Å². The molecule has 4 heteroatoms. The molecule has 1 heterocycles. The second-order valence-corrected chi connectivity index (χ2v) is 7.29. The lowest BCUT2D eigenvalue weighted by Crippen LogP contribution is -2.26. The Labute approximate surface area is 91.8 Å². The Morgan fingerprint density at radius 2 is 1.73 bits per heavy atom. The molecule has 2 rings (SSSR count). The van der Waals surface area contributed by atoms with E-state index in [-0.39, 0.29) is 17.1 Å². The fourth-order valence-corrected chi connectivity index (χ4v) is 4.84. The second kappa shape index (κ2) is 4.24. The predicted molar refractivity (Wildman–Crippen MR) is 61.1 cm³/mol. The normalized spacial score (nSPS) is 42.3. The fourth-order valence-electron chi connectivity index (χ4n) is 2.75. The summed E-state index contributed by atoms with van der Waals surface area (Å²) in [5, 5.41) is 0.0445. The van der Waals surface area contributed by atoms with E-state index in [4.69, 9.17) is 0 Å². The molecular weight excluding hydrogens is 210 g/mol. The van der Waals surface area contributed by atoms with Crippen molar-refractivity contribution in [1.82, 2.24) is 0 Å². The molecule has 1 fully saturated rings. The van der Waals surface area contributed by atoms with E-state index in [1.165, 1.54) is 19.3 Å². The van der Waals surface area contributed by atoms with Gasteiger partial charge >= 0.3 is 0 Å². The van der Waals surface area contributed by atoms with Crippen molar-refractivity contribution >= 4 is 15.6 Å². The first-order valence-corrected chi connectivity index (χ1v) is 7.85. The minimum Gasteiger partial charge on any atom is -0.272 e. The van der Waals surface area contributed by atoms with Gasteiger partial charge in [-0.05, 0) is 12.8 Å². The summed E-state index contributed by atoms with van der Waals surface area (Å²) in [6.07, 6.45) is 9.37. The first kappa shape index (κ1) is 11.1. The minimum atomic E-state index is -2.23. The second-order valence-electron chi connectivity index (χ2n) is 4.78. The van der Waals surface area contributed by atoms with Crippen molar-refractivity contribution < 1.29 is 9.00 Å². The number of hydrogen-bond acceptors (Lipinski definition) is 2. The highest BCUT2D eigenvalue weighted by atomic mass is 32.2. The molecular formula is C11H19NO2S. The Morgan fingerprint density at radius 3 is 2.47 bits per heavy atom. The molecule has 0 radical (unpaired) electrons. The average molecular weight is 229 g/mol. The van der Waals surface area contributed by atoms with E-state index in [9.17, 15) is 9.00 Å². The molecule has 0 aromatic carbocycles. The highest BCUT2D eigenvalue weighted by molar-refractivity contribution is 7.94. The van der Waals surface area contributed by atoms with Crippen LogP contribution in [0.1, 0.15) is 44.9 Å². The molecule has 0 spiro atoms. The summed E-state index contributed by atoms with van der Waals surface area (Å²) in [6, 6.07) is 0. The van der Waals surface area contributed by atoms with Gasteiger partial charge in [-0.3, -0.25) is 4.79 Å². The monoisotopic (exact) mass is 229 g/mol. The number of fused-ring (bicyclic) bond motifs is 1. The Hall–Kier alpha value is -0.380. The highest BCUT2D eigenvalue weighted by Crippen LogP contribution is 2.33. The lowest BCUT2D eigenvalue weighted by Gasteiger charge is -2.17. The Morgan fingerprint density at radius 1 is 1.13 bits per heavy atom. The van der Waals surface area contributed by atoms with Crippen molar-refractivity contribution in [2.24, 2.45) is 10.3 Å². The Balaban J connectivity index is 2.21. The van der Waals surface area contributed by atoms with E-state index >= 15 is 0 Å². The van der Waals surface area contributed by atoms with Crippen molar-refractivity contribution in [3.63, 3.8) is 0 Å². The van der Waals surface area contributed by atoms with Crippen molar-refractivity contribution in [3.05, 3.63) is 0 Å². The lowest BCUT2D eigenvalue weighted by molar-refractivity contribution is -0.121. The predicted octanol–water partition coefficient (Wildman–Crippen LogP) is 2.35. The van der Waals surface area contributed by atoms with E-state index in [0.717, 1.165) is 25.7 Å². The quantitative estimate of drug-likeness (QED) is 0.640. The van der Waals surface area contributed by atoms with Crippen LogP contribution in [0.3, 0.4) is 0 Å². The summed E-state index contributed by atoms with van der Waals surface area (Å²) in [4.78, 5) is 11.7. The van der Waals surface area contributed by atoms with Gasteiger partial charge < -0.3 is 0 Å². The van der Waals surface area contributed by atoms with Crippen LogP contribution < -0.4 is 0 Å². The third-order valence-electron chi connectivity index (χ3n) is 3.60. The van der Waals surface area contributed by atoms with E-state index in [1.54, 1.807) is 6.26 Å². The lowest BCUT2D eigenvalue weighted by atomic mass is 9.96. The highest BCUT2D eigenvalue weighted by Gasteiger charge is 2.39. The van der Waals surface area contributed by atoms with E-state index < -0.39 is 9.73 Å². The molecule has 1 amide bonds. The van der Waals surface area contributed by atoms with Gasteiger partial charge in [-0.2, -0.15) is 4.36 Å². The van der Waals surface area contributed by atoms with Gasteiger partial charge in [0.15, 0.2) is 0 Å². The summed E-state index contributed by atoms with van der Waals surface area (Å²) >= 11 is 0. The number of carbonyl (C=O) groups excluding carboxylic acids is 1. The van der Waals surface area contributed by atoms with Crippen molar-refractivity contribution in [2.75, 3.05) is 6.26 Å². The molecule has 2 unspecified atom stereocenters. The number of nitrogens with zero attached hydrogens (tertiary/aromatic N) is 1. The van der Waals surface area contributed by atoms with E-state index in [0.29, 0.717) is 0 Å². The number of amides is 1. The zero-order chi connectivity index (χ0) is 10.9. The van der Waals surface area contributed by atoms with Crippen LogP contribution in [-0.4, -0.2) is 21.6 Å². The molecule has 0 aromatic heterocycles. The molecule has 1 aliphatic carbocycles. The zero-order valence-corrected chi connectivity index (χ0v) is 10.1. The fraction of sp³-hybridized carbons (Fsp3) is 0.909. The van der Waals surface area contributed by atoms with Gasteiger partial charge in [-0.1, -0.05) is 32.1 Å². The van der Waals surface area contributed by atoms with Crippen molar-refractivity contribution in [2.45, 2.75) is 50.2 Å². The average Bonchev–Trinajstić information content (AvgIpc) is 2.43. The Bertz CT molecular complexity index is 369. The molecule has 86 valence electrons. The standard InChI is InChI=1S/C11H19NO2S/c1-15(14)10-8-6-4-2-3-5-7-9(10)11(13)12-15/h9-10H,2-8H2,1H3/t9?,10-,15?/m1/s1. The van der Waals surface area contributed by atoms with Gasteiger partial charge in [-0.15, -0.1) is 0 Å². The smallest absolute Gasteiger partial charge is 0.258 e. The van der Waals surface area contributed by atoms with Crippen molar-refractivity contribution in [1.29, 1.82) is 0 Å². The van der Waals surface area contributed by atoms with Crippen LogP contribution in [0.15, 0.2) is 4.36 Å². The minimum absolute atomic E-state index is 0.0272. The van der Waals surface area contributed by atoms with Crippen LogP contribution >= 0.6 is 0 Å². The summed E-state index contributed by atoms with van der Waals surface area (Å²) in [7, 11) is -2.23. The number of carbonyl (C=O) groups is 1. The van der Waals surface area contributed by atoms with Gasteiger partial charge in [0.2, 0.25) is 0 Å². The van der Waals surface area contributed by atoms with Crippen LogP contribution in [0.4, 0.5) is 0 Å². The maximum atomic E-state index is 12.2. The largest absolute Gasteiger partial charge is 0.272 e. The maximum Gasteiger partial charge on any atom is 0.258 e. The van der Waals surface area contributed by atoms with Gasteiger partial charge in [0.05, 0.1) is 20.9 Å². The molecule has 1 saturated carbocycles. The molecule has 2 aliphatic rings. The Kier molecular flexibility index (Phi) is 3.14. The first-order chi connectivity index (χ1) is 7.11. The third kappa shape index (κ3) is 2.25. The third-order valence-corrected chi connectivity index (χ3v) is 5.83. The molecule has 0 bridgehead atoms. The van der Waals surface area contributed by atoms with Gasteiger partial charge in [0.1, 0.15) is 0 Å². The van der Waals surface area contributed by atoms with Crippen LogP contribution in [0.2, 0.25) is 0 Å². The molecule has 0 aromatic rings. The number of rotatable bonds is 0. The van der Waals surface area contributed by atoms with Crippen LogP contribution in [-0.2, 0) is 14.5 Å². The summed E-state index contributed by atoms with van der Waals surface area (Å²) in [6.45, 7) is 0. The summed E-state index contributed by atoms with van der Waals surface area (Å²) in [5.74, 6) is -0.116. The zero-order valence-electron chi connectivity index (χ0n) is 9.28. The van der Waals surface area contributed by atoms with Crippen LogP contribution in [0.5, 0.6) is 0 Å². The molecule has 3 nitrogen and oxygen atoms in total. The first-order valence-electron chi connectivity index (χ1n) is 5.86. The summed E-state index contributed by atoms with van der Waals surface area (Å²) < 4.78 is 16.0. The van der Waals surface area contributed by atoms with Crippen molar-refractivity contribution in [3.8, 4) is 0 Å². The van der Waals surface area contributed by atoms with E-state index in [2.05, 4.69) is 4.36 Å². The van der Waals surface area contributed by atoms with E-state index in [1.807, 2.05) is 0 Å². The molecule has 1 aliphatic heterocycles. The van der Waals surface area contributed by atoms with Gasteiger partial charge in [0, 0.05) is 6.26 Å². The maximum absolute atomic E-state index is 12.2. The molecule has 0 saturated heterocycles. The SMILES string of the molecule is CS1(=O)=NC(=O)C2CCCCCCC[C@H]21. The molecule has 0 N–H and O–H groups in total. The van der Waals surface area contributed by atoms with Crippen LogP contribution in [0.25, 0.3) is 0 Å². The molecule has 15 heavy (non-hydrogen) atoms.